The van der Waals surface area contributed by atoms with E-state index in [1.807, 2.05) is 24.3 Å². The molecule has 1 N–H and O–H groups in total. The lowest BCUT2D eigenvalue weighted by Crippen LogP contribution is -2.52. The van der Waals surface area contributed by atoms with E-state index >= 15 is 0 Å². The van der Waals surface area contributed by atoms with Gasteiger partial charge in [-0.25, -0.2) is 4.79 Å². The van der Waals surface area contributed by atoms with Crippen molar-refractivity contribution in [2.45, 2.75) is 24.8 Å². The number of rotatable bonds is 3. The first-order valence-corrected chi connectivity index (χ1v) is 6.08. The van der Waals surface area contributed by atoms with Crippen molar-refractivity contribution in [1.29, 1.82) is 0 Å². The van der Waals surface area contributed by atoms with Crippen LogP contribution in [0, 0.1) is 0 Å². The van der Waals surface area contributed by atoms with Gasteiger partial charge in [-0.1, -0.05) is 12.1 Å². The molecule has 0 atom stereocenters. The highest BCUT2D eigenvalue weighted by Crippen LogP contribution is 2.38. The molecule has 0 radical (unpaired) electrons. The monoisotopic (exact) mass is 283 g/mol. The quantitative estimate of drug-likeness (QED) is 0.867. The Morgan fingerprint density at radius 3 is 2.62 bits per heavy atom. The second-order valence-corrected chi connectivity index (χ2v) is 4.89. The van der Waals surface area contributed by atoms with Crippen LogP contribution < -0.4 is 5.32 Å². The van der Waals surface area contributed by atoms with Crippen molar-refractivity contribution in [3.63, 3.8) is 0 Å². The molecule has 3 nitrogen and oxygen atoms in total. The molecule has 2 rings (SSSR count). The number of methoxy groups -OCH3 is 1. The van der Waals surface area contributed by atoms with Crippen LogP contribution in [0.5, 0.6) is 0 Å². The van der Waals surface area contributed by atoms with Gasteiger partial charge in [0.2, 0.25) is 0 Å². The van der Waals surface area contributed by atoms with Crippen LogP contribution in [0.1, 0.15) is 19.3 Å². The summed E-state index contributed by atoms with van der Waals surface area (Å²) >= 11 is 3.46. The fourth-order valence-electron chi connectivity index (χ4n) is 1.93. The first kappa shape index (κ1) is 11.5. The number of hydrogen-bond donors (Lipinski definition) is 1. The van der Waals surface area contributed by atoms with Crippen LogP contribution in [0.4, 0.5) is 5.69 Å². The van der Waals surface area contributed by atoms with E-state index in [-0.39, 0.29) is 5.97 Å². The van der Waals surface area contributed by atoms with Crippen molar-refractivity contribution < 1.29 is 9.53 Å². The smallest absolute Gasteiger partial charge is 0.331 e. The van der Waals surface area contributed by atoms with Crippen LogP contribution in [0.25, 0.3) is 0 Å². The molecule has 1 aromatic carbocycles. The summed E-state index contributed by atoms with van der Waals surface area (Å²) in [5, 5.41) is 3.29. The molecule has 4 heteroatoms. The van der Waals surface area contributed by atoms with Gasteiger partial charge < -0.3 is 10.1 Å². The number of halogens is 1. The molecule has 16 heavy (non-hydrogen) atoms. The third-order valence-corrected chi connectivity index (χ3v) is 3.72. The van der Waals surface area contributed by atoms with E-state index in [4.69, 9.17) is 4.74 Å². The second-order valence-electron chi connectivity index (χ2n) is 4.03. The van der Waals surface area contributed by atoms with Crippen LogP contribution in [-0.2, 0) is 9.53 Å². The highest BCUT2D eigenvalue weighted by molar-refractivity contribution is 9.10. The lowest BCUT2D eigenvalue weighted by molar-refractivity contribution is -0.149. The average Bonchev–Trinajstić information content (AvgIpc) is 2.25. The maximum absolute atomic E-state index is 11.7. The average molecular weight is 284 g/mol. The fourth-order valence-corrected chi connectivity index (χ4v) is 2.31. The number of hydrogen-bond acceptors (Lipinski definition) is 3. The molecule has 0 bridgehead atoms. The predicted molar refractivity (Wildman–Crippen MR) is 66.4 cm³/mol. The van der Waals surface area contributed by atoms with Crippen LogP contribution in [0.15, 0.2) is 28.7 Å². The van der Waals surface area contributed by atoms with Gasteiger partial charge in [0.15, 0.2) is 0 Å². The summed E-state index contributed by atoms with van der Waals surface area (Å²) in [6, 6.07) is 7.79. The molecule has 0 saturated heterocycles. The molecular weight excluding hydrogens is 270 g/mol. The molecule has 0 amide bonds. The molecular formula is C12H14BrNO2. The van der Waals surface area contributed by atoms with E-state index in [9.17, 15) is 4.79 Å². The van der Waals surface area contributed by atoms with Crippen molar-refractivity contribution in [2.75, 3.05) is 12.4 Å². The summed E-state index contributed by atoms with van der Waals surface area (Å²) in [6.45, 7) is 0. The Morgan fingerprint density at radius 2 is 2.12 bits per heavy atom. The Labute approximate surface area is 103 Å². The Kier molecular flexibility index (Phi) is 3.19. The van der Waals surface area contributed by atoms with E-state index in [0.717, 1.165) is 29.4 Å². The van der Waals surface area contributed by atoms with Crippen molar-refractivity contribution in [3.05, 3.63) is 28.7 Å². The molecule has 1 saturated carbocycles. The zero-order valence-electron chi connectivity index (χ0n) is 9.13. The highest BCUT2D eigenvalue weighted by Gasteiger charge is 2.45. The number of para-hydroxylation sites is 1. The Balaban J connectivity index is 2.19. The van der Waals surface area contributed by atoms with Gasteiger partial charge in [-0.05, 0) is 47.3 Å². The number of carbonyl (C=O) groups excluding carboxylic acids is 1. The lowest BCUT2D eigenvalue weighted by Gasteiger charge is -2.40. The normalized spacial score (nSPS) is 17.4. The van der Waals surface area contributed by atoms with Crippen molar-refractivity contribution >= 4 is 27.6 Å². The minimum absolute atomic E-state index is 0.172. The Morgan fingerprint density at radius 1 is 1.44 bits per heavy atom. The second kappa shape index (κ2) is 4.45. The van der Waals surface area contributed by atoms with Crippen LogP contribution in [0.3, 0.4) is 0 Å². The summed E-state index contributed by atoms with van der Waals surface area (Å²) < 4.78 is 5.82. The minimum atomic E-state index is -0.515. The van der Waals surface area contributed by atoms with E-state index in [0.29, 0.717) is 0 Å². The van der Waals surface area contributed by atoms with Crippen LogP contribution >= 0.6 is 15.9 Å². The molecule has 0 unspecified atom stereocenters. The van der Waals surface area contributed by atoms with Gasteiger partial charge >= 0.3 is 5.97 Å². The van der Waals surface area contributed by atoms with E-state index in [1.165, 1.54) is 7.11 Å². The topological polar surface area (TPSA) is 38.3 Å². The maximum Gasteiger partial charge on any atom is 0.331 e. The highest BCUT2D eigenvalue weighted by atomic mass is 79.9. The standard InChI is InChI=1S/C12H14BrNO2/c1-16-11(15)12(7-4-8-12)14-10-6-3-2-5-9(10)13/h2-3,5-6,14H,4,7-8H2,1H3. The molecule has 0 spiro atoms. The number of carbonyl (C=O) groups is 1. The number of benzene rings is 1. The van der Waals surface area contributed by atoms with E-state index < -0.39 is 5.54 Å². The zero-order valence-corrected chi connectivity index (χ0v) is 10.7. The third-order valence-electron chi connectivity index (χ3n) is 3.03. The number of nitrogens with one attached hydrogen (secondary N) is 1. The first-order valence-electron chi connectivity index (χ1n) is 5.29. The van der Waals surface area contributed by atoms with Crippen molar-refractivity contribution in [1.82, 2.24) is 0 Å². The van der Waals surface area contributed by atoms with E-state index in [1.54, 1.807) is 0 Å². The van der Waals surface area contributed by atoms with Crippen molar-refractivity contribution in [3.8, 4) is 0 Å². The summed E-state index contributed by atoms with van der Waals surface area (Å²) in [6.07, 6.45) is 2.73. The van der Waals surface area contributed by atoms with Gasteiger partial charge in [-0.3, -0.25) is 0 Å². The van der Waals surface area contributed by atoms with Crippen LogP contribution in [0.2, 0.25) is 0 Å². The summed E-state index contributed by atoms with van der Waals surface area (Å²) in [5.74, 6) is -0.172. The molecule has 0 aromatic heterocycles. The Hall–Kier alpha value is -1.03. The SMILES string of the molecule is COC(=O)C1(Nc2ccccc2Br)CCC1. The predicted octanol–water partition coefficient (Wildman–Crippen LogP) is 2.96. The lowest BCUT2D eigenvalue weighted by atomic mass is 9.76. The fraction of sp³-hybridized carbons (Fsp3) is 0.417. The van der Waals surface area contributed by atoms with E-state index in [2.05, 4.69) is 21.2 Å². The first-order chi connectivity index (χ1) is 7.68. The van der Waals surface area contributed by atoms with Crippen LogP contribution in [-0.4, -0.2) is 18.6 Å². The molecule has 86 valence electrons. The number of esters is 1. The van der Waals surface area contributed by atoms with Gasteiger partial charge in [0.25, 0.3) is 0 Å². The molecule has 0 aliphatic heterocycles. The van der Waals surface area contributed by atoms with Gasteiger partial charge in [0.1, 0.15) is 5.54 Å². The molecule has 1 aromatic rings. The Bertz CT molecular complexity index is 402. The summed E-state index contributed by atoms with van der Waals surface area (Å²) in [5.41, 5.74) is 0.422. The van der Waals surface area contributed by atoms with Gasteiger partial charge in [-0.15, -0.1) is 0 Å². The third kappa shape index (κ3) is 1.94. The molecule has 1 aliphatic carbocycles. The summed E-state index contributed by atoms with van der Waals surface area (Å²) in [7, 11) is 1.43. The van der Waals surface area contributed by atoms with Crippen molar-refractivity contribution in [2.24, 2.45) is 0 Å². The summed E-state index contributed by atoms with van der Waals surface area (Å²) in [4.78, 5) is 11.7. The minimum Gasteiger partial charge on any atom is -0.467 e. The maximum atomic E-state index is 11.7. The largest absolute Gasteiger partial charge is 0.467 e. The zero-order chi connectivity index (χ0) is 11.6. The molecule has 1 aliphatic rings. The van der Waals surface area contributed by atoms with Gasteiger partial charge in [-0.2, -0.15) is 0 Å². The number of ether oxygens (including phenoxy) is 1. The number of anilines is 1. The molecule has 1 fully saturated rings. The molecule has 0 heterocycles. The van der Waals surface area contributed by atoms with Gasteiger partial charge in [0.05, 0.1) is 7.11 Å². The van der Waals surface area contributed by atoms with Gasteiger partial charge in [0, 0.05) is 10.2 Å².